The average Bonchev–Trinajstić information content (AvgIpc) is 3.44. The maximum absolute atomic E-state index is 13.0. The first kappa shape index (κ1) is 16.6. The highest BCUT2D eigenvalue weighted by Gasteiger charge is 2.63. The number of carbonyl (C=O) groups is 3. The largest absolute Gasteiger partial charge is 0.300 e. The fourth-order valence-corrected chi connectivity index (χ4v) is 5.89. The molecule has 1 aliphatic heterocycles. The molecule has 2 bridgehead atoms. The summed E-state index contributed by atoms with van der Waals surface area (Å²) in [6.07, 6.45) is 3.48. The van der Waals surface area contributed by atoms with Crippen molar-refractivity contribution in [3.8, 4) is 0 Å². The van der Waals surface area contributed by atoms with E-state index in [1.54, 1.807) is 11.6 Å². The zero-order valence-corrected chi connectivity index (χ0v) is 15.4. The molecule has 3 aliphatic rings. The number of nitrogens with one attached hydrogen (secondary N) is 1. The number of amides is 3. The van der Waals surface area contributed by atoms with Gasteiger partial charge in [-0.25, -0.2) is 4.98 Å². The van der Waals surface area contributed by atoms with Gasteiger partial charge in [0, 0.05) is 11.6 Å². The van der Waals surface area contributed by atoms with E-state index < -0.39 is 0 Å². The van der Waals surface area contributed by atoms with Crippen molar-refractivity contribution >= 4 is 34.2 Å². The van der Waals surface area contributed by atoms with Gasteiger partial charge in [-0.2, -0.15) is 0 Å². The normalized spacial score (nSPS) is 31.4. The van der Waals surface area contributed by atoms with E-state index in [9.17, 15) is 14.4 Å². The minimum absolute atomic E-state index is 0.168. The minimum Gasteiger partial charge on any atom is -0.300 e. The van der Waals surface area contributed by atoms with Gasteiger partial charge in [0.25, 0.3) is 0 Å². The number of likely N-dealkylation sites (tertiary alicyclic amines) is 1. The summed E-state index contributed by atoms with van der Waals surface area (Å²) in [4.78, 5) is 43.3. The van der Waals surface area contributed by atoms with Gasteiger partial charge in [0.05, 0.1) is 11.8 Å². The zero-order chi connectivity index (χ0) is 18.5. The molecule has 138 valence electrons. The van der Waals surface area contributed by atoms with Crippen LogP contribution in [0.3, 0.4) is 0 Å². The molecule has 3 amide bonds. The smallest absolute Gasteiger partial charge is 0.246 e. The van der Waals surface area contributed by atoms with Crippen LogP contribution in [-0.2, 0) is 14.4 Å². The van der Waals surface area contributed by atoms with E-state index in [-0.39, 0.29) is 47.9 Å². The summed E-state index contributed by atoms with van der Waals surface area (Å²) in [5.41, 5.74) is 1.25. The van der Waals surface area contributed by atoms with E-state index in [2.05, 4.69) is 22.4 Å². The van der Waals surface area contributed by atoms with Crippen LogP contribution in [0.2, 0.25) is 0 Å². The number of fused-ring (bicyclic) bond motifs is 5. The molecule has 5 rings (SSSR count). The van der Waals surface area contributed by atoms with Gasteiger partial charge in [0.15, 0.2) is 5.13 Å². The van der Waals surface area contributed by atoms with Crippen molar-refractivity contribution in [3.05, 3.63) is 47.5 Å². The second kappa shape index (κ2) is 6.27. The first-order chi connectivity index (χ1) is 13.1. The molecule has 1 aromatic heterocycles. The van der Waals surface area contributed by atoms with Gasteiger partial charge in [-0.1, -0.05) is 30.3 Å². The topological polar surface area (TPSA) is 79.4 Å². The van der Waals surface area contributed by atoms with Gasteiger partial charge >= 0.3 is 0 Å². The van der Waals surface area contributed by atoms with Crippen molar-refractivity contribution in [3.63, 3.8) is 0 Å². The van der Waals surface area contributed by atoms with E-state index in [1.807, 2.05) is 18.2 Å². The molecule has 2 aliphatic carbocycles. The van der Waals surface area contributed by atoms with Gasteiger partial charge in [-0.3, -0.25) is 19.3 Å². The lowest BCUT2D eigenvalue weighted by molar-refractivity contribution is -0.143. The molecule has 1 aromatic carbocycles. The Morgan fingerprint density at radius 2 is 1.93 bits per heavy atom. The lowest BCUT2D eigenvalue weighted by Crippen LogP contribution is -2.39. The predicted molar refractivity (Wildman–Crippen MR) is 99.8 cm³/mol. The lowest BCUT2D eigenvalue weighted by Gasteiger charge is -2.28. The Kier molecular flexibility index (Phi) is 3.86. The summed E-state index contributed by atoms with van der Waals surface area (Å²) in [7, 11) is 0. The van der Waals surface area contributed by atoms with Crippen LogP contribution in [0.4, 0.5) is 5.13 Å². The molecular formula is C20H19N3O3S. The Balaban J connectivity index is 1.34. The van der Waals surface area contributed by atoms with Crippen LogP contribution in [0.1, 0.15) is 24.3 Å². The van der Waals surface area contributed by atoms with Crippen molar-refractivity contribution in [2.24, 2.45) is 23.7 Å². The van der Waals surface area contributed by atoms with Crippen LogP contribution < -0.4 is 5.32 Å². The van der Waals surface area contributed by atoms with E-state index >= 15 is 0 Å². The van der Waals surface area contributed by atoms with Crippen LogP contribution in [-0.4, -0.2) is 34.2 Å². The Morgan fingerprint density at radius 1 is 1.15 bits per heavy atom. The van der Waals surface area contributed by atoms with Gasteiger partial charge in [-0.05, 0) is 36.2 Å². The maximum atomic E-state index is 13.0. The predicted octanol–water partition coefficient (Wildman–Crippen LogP) is 2.51. The van der Waals surface area contributed by atoms with Crippen molar-refractivity contribution in [1.82, 2.24) is 9.88 Å². The third kappa shape index (κ3) is 2.60. The SMILES string of the molecule is O=C(CN1C(=O)C2C3CC(c4ccccc4)C(C3)C2C1=O)Nc1nccs1. The molecule has 7 heteroatoms. The molecule has 1 N–H and O–H groups in total. The number of anilines is 1. The number of rotatable bonds is 4. The van der Waals surface area contributed by atoms with E-state index in [4.69, 9.17) is 0 Å². The Bertz CT molecular complexity index is 898. The summed E-state index contributed by atoms with van der Waals surface area (Å²) in [6.45, 7) is -0.223. The molecule has 5 unspecified atom stereocenters. The van der Waals surface area contributed by atoms with Crippen molar-refractivity contribution < 1.29 is 14.4 Å². The standard InChI is InChI=1S/C20H19N3O3S/c24-15(22-20-21-6-7-27-20)10-23-18(25)16-12-8-13(11-4-2-1-3-5-11)14(9-12)17(16)19(23)26/h1-7,12-14,16-17H,8-10H2,(H,21,22,24). The second-order valence-corrected chi connectivity index (χ2v) is 8.51. The molecule has 6 nitrogen and oxygen atoms in total. The zero-order valence-electron chi connectivity index (χ0n) is 14.6. The Labute approximate surface area is 160 Å². The number of thiazole rings is 1. The van der Waals surface area contributed by atoms with Gasteiger partial charge in [0.2, 0.25) is 17.7 Å². The molecule has 5 atom stereocenters. The lowest BCUT2D eigenvalue weighted by atomic mass is 9.73. The monoisotopic (exact) mass is 381 g/mol. The number of imide groups is 1. The quantitative estimate of drug-likeness (QED) is 0.826. The number of nitrogens with zero attached hydrogens (tertiary/aromatic N) is 2. The van der Waals surface area contributed by atoms with Crippen LogP contribution in [0.25, 0.3) is 0 Å². The summed E-state index contributed by atoms with van der Waals surface area (Å²) < 4.78 is 0. The highest BCUT2D eigenvalue weighted by molar-refractivity contribution is 7.13. The third-order valence-electron chi connectivity index (χ3n) is 6.31. The van der Waals surface area contributed by atoms with Gasteiger partial charge < -0.3 is 5.32 Å². The van der Waals surface area contributed by atoms with Crippen molar-refractivity contribution in [2.45, 2.75) is 18.8 Å². The van der Waals surface area contributed by atoms with Crippen molar-refractivity contribution in [2.75, 3.05) is 11.9 Å². The molecule has 1 saturated heterocycles. The minimum atomic E-state index is -0.376. The summed E-state index contributed by atoms with van der Waals surface area (Å²) in [5, 5.41) is 4.88. The highest BCUT2D eigenvalue weighted by Crippen LogP contribution is 2.61. The first-order valence-corrected chi connectivity index (χ1v) is 10.1. The third-order valence-corrected chi connectivity index (χ3v) is 7.00. The summed E-state index contributed by atoms with van der Waals surface area (Å²) in [5.74, 6) is -0.452. The van der Waals surface area contributed by atoms with E-state index in [1.165, 1.54) is 21.8 Å². The molecule has 2 heterocycles. The molecule has 0 radical (unpaired) electrons. The van der Waals surface area contributed by atoms with Crippen LogP contribution >= 0.6 is 11.3 Å². The molecule has 2 aromatic rings. The second-order valence-electron chi connectivity index (χ2n) is 7.61. The van der Waals surface area contributed by atoms with E-state index in [0.717, 1.165) is 12.8 Å². The summed E-state index contributed by atoms with van der Waals surface area (Å²) >= 11 is 1.30. The molecule has 0 spiro atoms. The van der Waals surface area contributed by atoms with Gasteiger partial charge in [0.1, 0.15) is 6.54 Å². The van der Waals surface area contributed by atoms with Gasteiger partial charge in [-0.15, -0.1) is 11.3 Å². The highest BCUT2D eigenvalue weighted by atomic mass is 32.1. The maximum Gasteiger partial charge on any atom is 0.246 e. The number of benzene rings is 1. The van der Waals surface area contributed by atoms with Crippen LogP contribution in [0.5, 0.6) is 0 Å². The fourth-order valence-electron chi connectivity index (χ4n) is 5.35. The van der Waals surface area contributed by atoms with Crippen molar-refractivity contribution in [1.29, 1.82) is 0 Å². The number of aromatic nitrogens is 1. The molecule has 3 fully saturated rings. The number of hydrogen-bond acceptors (Lipinski definition) is 5. The average molecular weight is 381 g/mol. The Morgan fingerprint density at radius 3 is 2.67 bits per heavy atom. The number of hydrogen-bond donors (Lipinski definition) is 1. The van der Waals surface area contributed by atoms with Crippen LogP contribution in [0, 0.1) is 23.7 Å². The fraction of sp³-hybridized carbons (Fsp3) is 0.400. The molecule has 27 heavy (non-hydrogen) atoms. The Hall–Kier alpha value is -2.54. The van der Waals surface area contributed by atoms with Crippen LogP contribution in [0.15, 0.2) is 41.9 Å². The number of carbonyl (C=O) groups excluding carboxylic acids is 3. The van der Waals surface area contributed by atoms with E-state index in [0.29, 0.717) is 11.0 Å². The molecular weight excluding hydrogens is 362 g/mol. The summed E-state index contributed by atoms with van der Waals surface area (Å²) in [6, 6.07) is 10.3. The first-order valence-electron chi connectivity index (χ1n) is 9.23. The molecule has 2 saturated carbocycles.